The fourth-order valence-electron chi connectivity index (χ4n) is 6.17. The first-order chi connectivity index (χ1) is 21.3. The first-order valence-electron chi connectivity index (χ1n) is 16.6. The Kier molecular flexibility index (Phi) is 9.60. The summed E-state index contributed by atoms with van der Waals surface area (Å²) in [6.45, 7) is 28.9. The zero-order valence-corrected chi connectivity index (χ0v) is 31.9. The summed E-state index contributed by atoms with van der Waals surface area (Å²) in [6, 6.07) is 12.1. The van der Waals surface area contributed by atoms with Crippen LogP contribution in [0.25, 0.3) is 0 Å². The van der Waals surface area contributed by atoms with Crippen LogP contribution in [0.2, 0.25) is 0 Å². The number of rotatable bonds is 4. The molecule has 0 amide bonds. The normalized spacial score (nSPS) is 15.0. The van der Waals surface area contributed by atoms with E-state index in [-0.39, 0.29) is 33.8 Å². The minimum Gasteiger partial charge on any atom is -0.507 e. The highest BCUT2D eigenvalue weighted by Crippen LogP contribution is 2.57. The molecule has 47 heavy (non-hydrogen) atoms. The van der Waals surface area contributed by atoms with Gasteiger partial charge in [0, 0.05) is 17.5 Å². The lowest BCUT2D eigenvalue weighted by atomic mass is 9.78. The van der Waals surface area contributed by atoms with Crippen LogP contribution in [-0.4, -0.2) is 11.1 Å². The van der Waals surface area contributed by atoms with Crippen LogP contribution in [0.3, 0.4) is 0 Å². The van der Waals surface area contributed by atoms with E-state index in [1.807, 2.05) is 38.1 Å². The smallest absolute Gasteiger partial charge is 0.507 e. The molecule has 256 valence electrons. The fourth-order valence-corrected chi connectivity index (χ4v) is 7.50. The molecule has 6 nitrogen and oxygen atoms in total. The summed E-state index contributed by atoms with van der Waals surface area (Å²) >= 11 is 0. The van der Waals surface area contributed by atoms with E-state index in [4.69, 9.17) is 13.6 Å². The standard InChI is InChI=1S/C40H55O6P/c1-24-17-27-23-28-18-25(2)20-32(40(12,13)14)36(28)46-47(43,45-35(27)31(19-24)39(9,10)11)44-33(41)16-15-26-21-29(37(3,4)5)34(42)30(22-26)38(6,7)8/h17-22,42H,15-16,23H2,1-14H3. The van der Waals surface area contributed by atoms with Gasteiger partial charge in [0.05, 0.1) is 6.42 Å². The number of phosphoric acid groups is 1. The van der Waals surface area contributed by atoms with Crippen molar-refractivity contribution in [2.24, 2.45) is 0 Å². The molecular weight excluding hydrogens is 607 g/mol. The van der Waals surface area contributed by atoms with Crippen molar-refractivity contribution >= 4 is 13.8 Å². The van der Waals surface area contributed by atoms with Gasteiger partial charge in [-0.25, -0.2) is 0 Å². The van der Waals surface area contributed by atoms with Gasteiger partial charge in [-0.1, -0.05) is 131 Å². The first kappa shape index (κ1) is 36.6. The predicted octanol–water partition coefficient (Wildman–Crippen LogP) is 10.8. The van der Waals surface area contributed by atoms with Gasteiger partial charge in [-0.2, -0.15) is 4.57 Å². The van der Waals surface area contributed by atoms with Crippen LogP contribution < -0.4 is 9.05 Å². The molecule has 0 aromatic heterocycles. The van der Waals surface area contributed by atoms with Gasteiger partial charge in [0.1, 0.15) is 17.2 Å². The third-order valence-corrected chi connectivity index (χ3v) is 9.88. The Morgan fingerprint density at radius 2 is 1.06 bits per heavy atom. The van der Waals surface area contributed by atoms with E-state index in [0.717, 1.165) is 50.1 Å². The summed E-state index contributed by atoms with van der Waals surface area (Å²) in [7, 11) is -4.52. The zero-order valence-electron chi connectivity index (χ0n) is 31.0. The van der Waals surface area contributed by atoms with Crippen LogP contribution in [0.1, 0.15) is 140 Å². The number of aromatic hydroxyl groups is 1. The van der Waals surface area contributed by atoms with Gasteiger partial charge in [0.2, 0.25) is 0 Å². The SMILES string of the molecule is Cc1cc2c(c(C(C)(C)C)c1)OP(=O)(OC(=O)CCc1cc(C(C)(C)C)c(O)c(C(C)(C)C)c1)Oc1c(cc(C)cc1C(C)(C)C)C2. The maximum Gasteiger partial charge on any atom is 0.649 e. The Morgan fingerprint density at radius 3 is 1.43 bits per heavy atom. The number of hydrogen-bond acceptors (Lipinski definition) is 6. The van der Waals surface area contributed by atoms with Crippen molar-refractivity contribution in [1.29, 1.82) is 0 Å². The number of phosphoric ester groups is 1. The van der Waals surface area contributed by atoms with Crippen molar-refractivity contribution < 1.29 is 28.0 Å². The highest BCUT2D eigenvalue weighted by atomic mass is 31.2. The Balaban J connectivity index is 1.78. The van der Waals surface area contributed by atoms with Gasteiger partial charge >= 0.3 is 13.8 Å². The third kappa shape index (κ3) is 8.26. The summed E-state index contributed by atoms with van der Waals surface area (Å²) in [6.07, 6.45) is 0.799. The van der Waals surface area contributed by atoms with Gasteiger partial charge in [0.25, 0.3) is 0 Å². The van der Waals surface area contributed by atoms with Crippen LogP contribution in [0, 0.1) is 13.8 Å². The van der Waals surface area contributed by atoms with Crippen LogP contribution in [0.4, 0.5) is 0 Å². The Labute approximate surface area is 282 Å². The van der Waals surface area contributed by atoms with Gasteiger partial charge < -0.3 is 18.7 Å². The molecule has 7 heteroatoms. The molecule has 0 fully saturated rings. The van der Waals surface area contributed by atoms with Crippen molar-refractivity contribution in [3.63, 3.8) is 0 Å². The first-order valence-corrected chi connectivity index (χ1v) is 18.1. The Hall–Kier alpha value is -3.24. The molecule has 1 heterocycles. The maximum atomic E-state index is 14.8. The molecule has 0 saturated heterocycles. The lowest BCUT2D eigenvalue weighted by Gasteiger charge is -2.32. The van der Waals surface area contributed by atoms with E-state index in [2.05, 4.69) is 95.2 Å². The lowest BCUT2D eigenvalue weighted by Crippen LogP contribution is -2.21. The van der Waals surface area contributed by atoms with Crippen LogP contribution >= 0.6 is 7.82 Å². The summed E-state index contributed by atoms with van der Waals surface area (Å²) < 4.78 is 33.2. The number of fused-ring (bicyclic) bond motifs is 2. The maximum absolute atomic E-state index is 14.8. The molecule has 3 aromatic rings. The fraction of sp³-hybridized carbons (Fsp3) is 0.525. The summed E-state index contributed by atoms with van der Waals surface area (Å²) in [4.78, 5) is 13.6. The quantitative estimate of drug-likeness (QED) is 0.280. The van der Waals surface area contributed by atoms with E-state index in [1.54, 1.807) is 0 Å². The van der Waals surface area contributed by atoms with Crippen LogP contribution in [-0.2, 0) is 48.4 Å². The summed E-state index contributed by atoms with van der Waals surface area (Å²) in [5.74, 6) is 0.469. The molecule has 0 radical (unpaired) electrons. The van der Waals surface area contributed by atoms with E-state index >= 15 is 0 Å². The predicted molar refractivity (Wildman–Crippen MR) is 191 cm³/mol. The van der Waals surface area contributed by atoms with Crippen LogP contribution in [0.15, 0.2) is 36.4 Å². The molecule has 1 aliphatic rings. The lowest BCUT2D eigenvalue weighted by molar-refractivity contribution is -0.135. The zero-order chi connectivity index (χ0) is 35.5. The number of aryl methyl sites for hydroxylation is 3. The van der Waals surface area contributed by atoms with Gasteiger partial charge in [0.15, 0.2) is 0 Å². The molecule has 3 aromatic carbocycles. The number of benzene rings is 3. The molecule has 1 N–H and O–H groups in total. The number of hydrogen-bond donors (Lipinski definition) is 1. The molecule has 0 aliphatic carbocycles. The van der Waals surface area contributed by atoms with Crippen LogP contribution in [0.5, 0.6) is 17.2 Å². The molecule has 0 saturated carbocycles. The van der Waals surface area contributed by atoms with Crippen molar-refractivity contribution in [2.45, 2.75) is 138 Å². The minimum atomic E-state index is -4.52. The molecule has 0 bridgehead atoms. The topological polar surface area (TPSA) is 82.1 Å². The highest BCUT2D eigenvalue weighted by molar-refractivity contribution is 7.50. The molecule has 0 spiro atoms. The average Bonchev–Trinajstić information content (AvgIpc) is 2.87. The minimum absolute atomic E-state index is 0.0472. The van der Waals surface area contributed by atoms with Crippen molar-refractivity contribution in [3.8, 4) is 17.2 Å². The second-order valence-electron chi connectivity index (χ2n) is 17.4. The van der Waals surface area contributed by atoms with Gasteiger partial charge in [-0.15, -0.1) is 0 Å². The number of phenols is 1. The van der Waals surface area contributed by atoms with E-state index < -0.39 is 13.8 Å². The Morgan fingerprint density at radius 1 is 0.681 bits per heavy atom. The third-order valence-electron chi connectivity index (χ3n) is 8.64. The number of carbonyl (C=O) groups is 1. The Bertz CT molecular complexity index is 1630. The van der Waals surface area contributed by atoms with Crippen molar-refractivity contribution in [1.82, 2.24) is 0 Å². The molecule has 0 atom stereocenters. The number of phenolic OH excluding ortho intramolecular Hbond substituents is 1. The monoisotopic (exact) mass is 662 g/mol. The molecule has 1 aliphatic heterocycles. The van der Waals surface area contributed by atoms with Crippen molar-refractivity contribution in [2.75, 3.05) is 0 Å². The van der Waals surface area contributed by atoms with E-state index in [9.17, 15) is 14.5 Å². The second-order valence-corrected chi connectivity index (χ2v) is 18.9. The molecular formula is C40H55O6P. The van der Waals surface area contributed by atoms with Gasteiger partial charge in [-0.05, 0) is 69.7 Å². The summed E-state index contributed by atoms with van der Waals surface area (Å²) in [5.41, 5.74) is 6.83. The molecule has 4 rings (SSSR count). The van der Waals surface area contributed by atoms with Crippen molar-refractivity contribution in [3.05, 3.63) is 86.5 Å². The second kappa shape index (κ2) is 12.3. The molecule has 0 unspecified atom stereocenters. The van der Waals surface area contributed by atoms with Gasteiger partial charge in [-0.3, -0.25) is 4.79 Å². The van der Waals surface area contributed by atoms with E-state index in [0.29, 0.717) is 24.3 Å². The number of carbonyl (C=O) groups excluding carboxylic acids is 1. The average molecular weight is 663 g/mol. The highest BCUT2D eigenvalue weighted by Gasteiger charge is 2.42. The summed E-state index contributed by atoms with van der Waals surface area (Å²) in [5, 5.41) is 11.2. The largest absolute Gasteiger partial charge is 0.649 e. The van der Waals surface area contributed by atoms with E-state index in [1.165, 1.54) is 0 Å².